The molecule has 2 N–H and O–H groups in total. The maximum Gasteiger partial charge on any atom is 0.00671 e. The van der Waals surface area contributed by atoms with E-state index in [-0.39, 0.29) is 0 Å². The number of hydrogen-bond acceptors (Lipinski definition) is 1. The van der Waals surface area contributed by atoms with Crippen LogP contribution in [0.15, 0.2) is 0 Å². The molecule has 1 heteroatoms. The van der Waals surface area contributed by atoms with Gasteiger partial charge in [-0.15, -0.1) is 0 Å². The van der Waals surface area contributed by atoms with Crippen LogP contribution in [0.5, 0.6) is 0 Å². The van der Waals surface area contributed by atoms with Crippen molar-refractivity contribution in [1.29, 1.82) is 0 Å². The Morgan fingerprint density at radius 1 is 1.06 bits per heavy atom. The summed E-state index contributed by atoms with van der Waals surface area (Å²) in [6.07, 6.45) is 10.8. The van der Waals surface area contributed by atoms with Gasteiger partial charge in [0.1, 0.15) is 0 Å². The molecule has 0 bridgehead atoms. The first-order chi connectivity index (χ1) is 7.95. The normalized spacial score (nSPS) is 28.1. The summed E-state index contributed by atoms with van der Waals surface area (Å²) in [5.74, 6) is 1.73. The van der Waals surface area contributed by atoms with Crippen molar-refractivity contribution in [2.45, 2.75) is 85.1 Å². The molecule has 0 amide bonds. The summed E-state index contributed by atoms with van der Waals surface area (Å²) in [6, 6.07) is 0.475. The van der Waals surface area contributed by atoms with Gasteiger partial charge in [-0.3, -0.25) is 0 Å². The second-order valence-corrected chi connectivity index (χ2v) is 7.14. The second kappa shape index (κ2) is 6.78. The van der Waals surface area contributed by atoms with E-state index in [2.05, 4.69) is 27.7 Å². The minimum atomic E-state index is 0.475. The monoisotopic (exact) mass is 239 g/mol. The molecule has 1 atom stereocenters. The molecule has 102 valence electrons. The van der Waals surface area contributed by atoms with Gasteiger partial charge < -0.3 is 5.73 Å². The maximum atomic E-state index is 6.34. The third-order valence-corrected chi connectivity index (χ3v) is 4.74. The Labute approximate surface area is 109 Å². The van der Waals surface area contributed by atoms with Crippen LogP contribution in [0.4, 0.5) is 0 Å². The summed E-state index contributed by atoms with van der Waals surface area (Å²) in [5, 5.41) is 0. The van der Waals surface area contributed by atoms with Crippen LogP contribution in [-0.2, 0) is 0 Å². The average molecular weight is 239 g/mol. The van der Waals surface area contributed by atoms with Crippen molar-refractivity contribution in [3.05, 3.63) is 0 Å². The van der Waals surface area contributed by atoms with Gasteiger partial charge in [0.25, 0.3) is 0 Å². The fraction of sp³-hybridized carbons (Fsp3) is 1.00. The number of nitrogens with two attached hydrogens (primary N) is 1. The summed E-state index contributed by atoms with van der Waals surface area (Å²) in [6.45, 7) is 9.43. The molecule has 0 saturated heterocycles. The van der Waals surface area contributed by atoms with E-state index in [4.69, 9.17) is 5.73 Å². The Morgan fingerprint density at radius 3 is 2.12 bits per heavy atom. The number of rotatable bonds is 5. The van der Waals surface area contributed by atoms with Crippen molar-refractivity contribution < 1.29 is 0 Å². The predicted molar refractivity (Wildman–Crippen MR) is 77.0 cm³/mol. The van der Waals surface area contributed by atoms with E-state index >= 15 is 0 Å². The zero-order valence-electron chi connectivity index (χ0n) is 12.5. The third kappa shape index (κ3) is 4.99. The lowest BCUT2D eigenvalue weighted by molar-refractivity contribution is 0.137. The van der Waals surface area contributed by atoms with E-state index in [1.165, 1.54) is 51.4 Å². The van der Waals surface area contributed by atoms with Crippen LogP contribution >= 0.6 is 0 Å². The van der Waals surface area contributed by atoms with E-state index in [0.29, 0.717) is 11.5 Å². The van der Waals surface area contributed by atoms with Crippen LogP contribution < -0.4 is 5.73 Å². The van der Waals surface area contributed by atoms with Gasteiger partial charge >= 0.3 is 0 Å². The van der Waals surface area contributed by atoms with Crippen LogP contribution in [0, 0.1) is 17.3 Å². The lowest BCUT2D eigenvalue weighted by Gasteiger charge is -2.38. The van der Waals surface area contributed by atoms with Crippen molar-refractivity contribution in [3.63, 3.8) is 0 Å². The van der Waals surface area contributed by atoms with Crippen LogP contribution in [0.1, 0.15) is 79.1 Å². The highest BCUT2D eigenvalue weighted by molar-refractivity contribution is 4.84. The Balaban J connectivity index is 2.26. The van der Waals surface area contributed by atoms with Gasteiger partial charge in [-0.1, -0.05) is 47.0 Å². The van der Waals surface area contributed by atoms with Crippen LogP contribution in [-0.4, -0.2) is 6.04 Å². The highest BCUT2D eigenvalue weighted by Crippen LogP contribution is 2.40. The predicted octanol–water partition coefficient (Wildman–Crippen LogP) is 4.75. The smallest absolute Gasteiger partial charge is 0.00671 e. The zero-order valence-corrected chi connectivity index (χ0v) is 12.5. The van der Waals surface area contributed by atoms with Crippen molar-refractivity contribution in [2.75, 3.05) is 0 Å². The molecule has 1 nitrogen and oxygen atoms in total. The highest BCUT2D eigenvalue weighted by atomic mass is 14.6. The van der Waals surface area contributed by atoms with Crippen molar-refractivity contribution in [1.82, 2.24) is 0 Å². The molecule has 0 radical (unpaired) electrons. The molecule has 1 saturated carbocycles. The topological polar surface area (TPSA) is 26.0 Å². The van der Waals surface area contributed by atoms with Crippen molar-refractivity contribution >= 4 is 0 Å². The Morgan fingerprint density at radius 2 is 1.65 bits per heavy atom. The van der Waals surface area contributed by atoms with E-state index in [0.717, 1.165) is 11.8 Å². The molecule has 0 aromatic heterocycles. The quantitative estimate of drug-likeness (QED) is 0.689. The minimum absolute atomic E-state index is 0.475. The largest absolute Gasteiger partial charge is 0.327 e. The molecule has 0 spiro atoms. The number of unbranched alkanes of at least 4 members (excludes halogenated alkanes) is 2. The first-order valence-corrected chi connectivity index (χ1v) is 7.70. The third-order valence-electron chi connectivity index (χ3n) is 4.74. The van der Waals surface area contributed by atoms with Gasteiger partial charge in [0.15, 0.2) is 0 Å². The summed E-state index contributed by atoms with van der Waals surface area (Å²) in [7, 11) is 0. The first kappa shape index (κ1) is 15.0. The Kier molecular flexibility index (Phi) is 5.99. The Hall–Kier alpha value is -0.0400. The summed E-state index contributed by atoms with van der Waals surface area (Å²) < 4.78 is 0. The molecule has 0 aromatic carbocycles. The molecular weight excluding hydrogens is 206 g/mol. The fourth-order valence-corrected chi connectivity index (χ4v) is 3.28. The van der Waals surface area contributed by atoms with Crippen LogP contribution in [0.3, 0.4) is 0 Å². The maximum absolute atomic E-state index is 6.34. The standard InChI is InChI=1S/C16H33N/c1-5-6-7-8-15(17)13-9-11-14(12-10-13)16(2,3)4/h13-15H,5-12,17H2,1-4H3. The molecule has 0 heterocycles. The number of hydrogen-bond donors (Lipinski definition) is 1. The zero-order chi connectivity index (χ0) is 12.9. The SMILES string of the molecule is CCCCCC(N)C1CCC(C(C)(C)C)CC1. The summed E-state index contributed by atoms with van der Waals surface area (Å²) in [4.78, 5) is 0. The van der Waals surface area contributed by atoms with Crippen LogP contribution in [0.25, 0.3) is 0 Å². The first-order valence-electron chi connectivity index (χ1n) is 7.70. The van der Waals surface area contributed by atoms with Crippen LogP contribution in [0.2, 0.25) is 0 Å². The molecular formula is C16H33N. The lowest BCUT2D eigenvalue weighted by Crippen LogP contribution is -2.35. The Bertz CT molecular complexity index is 196. The average Bonchev–Trinajstić information content (AvgIpc) is 2.28. The van der Waals surface area contributed by atoms with Gasteiger partial charge in [0.2, 0.25) is 0 Å². The highest BCUT2D eigenvalue weighted by Gasteiger charge is 2.31. The molecule has 0 aliphatic heterocycles. The van der Waals surface area contributed by atoms with E-state index in [1.54, 1.807) is 0 Å². The molecule has 17 heavy (non-hydrogen) atoms. The van der Waals surface area contributed by atoms with Crippen molar-refractivity contribution in [3.8, 4) is 0 Å². The lowest BCUT2D eigenvalue weighted by atomic mass is 9.68. The van der Waals surface area contributed by atoms with Gasteiger partial charge in [-0.25, -0.2) is 0 Å². The van der Waals surface area contributed by atoms with E-state index < -0.39 is 0 Å². The molecule has 1 unspecified atom stereocenters. The van der Waals surface area contributed by atoms with E-state index in [9.17, 15) is 0 Å². The summed E-state index contributed by atoms with van der Waals surface area (Å²) in [5.41, 5.74) is 6.84. The van der Waals surface area contributed by atoms with Gasteiger partial charge in [-0.05, 0) is 49.4 Å². The molecule has 1 aliphatic carbocycles. The second-order valence-electron chi connectivity index (χ2n) is 7.14. The summed E-state index contributed by atoms with van der Waals surface area (Å²) >= 11 is 0. The molecule has 1 aliphatic rings. The van der Waals surface area contributed by atoms with Crippen molar-refractivity contribution in [2.24, 2.45) is 23.0 Å². The van der Waals surface area contributed by atoms with Gasteiger partial charge in [0.05, 0.1) is 0 Å². The fourth-order valence-electron chi connectivity index (χ4n) is 3.28. The van der Waals surface area contributed by atoms with E-state index in [1.807, 2.05) is 0 Å². The van der Waals surface area contributed by atoms with Gasteiger partial charge in [0, 0.05) is 6.04 Å². The molecule has 1 rings (SSSR count). The molecule has 1 fully saturated rings. The minimum Gasteiger partial charge on any atom is -0.327 e. The van der Waals surface area contributed by atoms with Gasteiger partial charge in [-0.2, -0.15) is 0 Å². The molecule has 0 aromatic rings.